The fourth-order valence-electron chi connectivity index (χ4n) is 3.14. The third-order valence-electron chi connectivity index (χ3n) is 4.54. The predicted octanol–water partition coefficient (Wildman–Crippen LogP) is 3.23. The number of rotatable bonds is 6. The molecule has 0 aliphatic carbocycles. The highest BCUT2D eigenvalue weighted by molar-refractivity contribution is 7.92. The van der Waals surface area contributed by atoms with Crippen molar-refractivity contribution >= 4 is 38.5 Å². The van der Waals surface area contributed by atoms with Crippen LogP contribution < -0.4 is 4.31 Å². The van der Waals surface area contributed by atoms with Gasteiger partial charge in [-0.2, -0.15) is 5.10 Å². The molecule has 31 heavy (non-hydrogen) atoms. The molecular weight excluding hydrogens is 439 g/mol. The number of thiophene rings is 1. The number of sulfonamides is 1. The number of ketones is 1. The molecule has 0 bridgehead atoms. The van der Waals surface area contributed by atoms with Crippen LogP contribution in [0.5, 0.6) is 0 Å². The van der Waals surface area contributed by atoms with Crippen molar-refractivity contribution in [3.8, 4) is 23.6 Å². The Morgan fingerprint density at radius 3 is 2.81 bits per heavy atom. The molecule has 10 heteroatoms. The molecule has 4 aromatic rings. The Morgan fingerprint density at radius 1 is 1.32 bits per heavy atom. The van der Waals surface area contributed by atoms with Crippen molar-refractivity contribution < 1.29 is 17.6 Å². The van der Waals surface area contributed by atoms with E-state index in [2.05, 4.69) is 16.0 Å². The molecule has 0 saturated carbocycles. The lowest BCUT2D eigenvalue weighted by Gasteiger charge is -2.21. The summed E-state index contributed by atoms with van der Waals surface area (Å²) in [5.41, 5.74) is 1.48. The summed E-state index contributed by atoms with van der Waals surface area (Å²) in [6.45, 7) is -0.313. The molecule has 0 amide bonds. The highest BCUT2D eigenvalue weighted by Gasteiger charge is 2.22. The molecular formula is C21H15FN4O3S2. The summed E-state index contributed by atoms with van der Waals surface area (Å²) in [4.78, 5) is 17.6. The molecule has 7 nitrogen and oxygen atoms in total. The molecule has 0 unspecified atom stereocenters. The molecule has 156 valence electrons. The number of benzene rings is 1. The van der Waals surface area contributed by atoms with Gasteiger partial charge in [-0.25, -0.2) is 22.3 Å². The van der Waals surface area contributed by atoms with Gasteiger partial charge >= 0.3 is 0 Å². The summed E-state index contributed by atoms with van der Waals surface area (Å²) < 4.78 is 41.0. The third-order valence-corrected chi connectivity index (χ3v) is 6.53. The lowest BCUT2D eigenvalue weighted by molar-refractivity contribution is 0.104. The Balaban J connectivity index is 1.85. The van der Waals surface area contributed by atoms with E-state index in [0.717, 1.165) is 16.6 Å². The van der Waals surface area contributed by atoms with Crippen molar-refractivity contribution in [3.05, 3.63) is 70.4 Å². The Hall–Kier alpha value is -3.55. The monoisotopic (exact) mass is 454 g/mol. The summed E-state index contributed by atoms with van der Waals surface area (Å²) in [6.07, 6.45) is 9.17. The number of nitrogens with zero attached hydrogens (tertiary/aromatic N) is 4. The molecule has 3 heterocycles. The second-order valence-electron chi connectivity index (χ2n) is 6.57. The fourth-order valence-corrected chi connectivity index (χ4v) is 4.62. The van der Waals surface area contributed by atoms with Gasteiger partial charge in [0, 0.05) is 11.8 Å². The fraction of sp³-hybridized carbons (Fsp3) is 0.0952. The maximum absolute atomic E-state index is 14.5. The van der Waals surface area contributed by atoms with Crippen LogP contribution in [0, 0.1) is 18.2 Å². The van der Waals surface area contributed by atoms with Crippen LogP contribution in [-0.2, 0) is 10.0 Å². The molecule has 0 spiro atoms. The van der Waals surface area contributed by atoms with Gasteiger partial charge in [0.25, 0.3) is 0 Å². The quantitative estimate of drug-likeness (QED) is 0.330. The summed E-state index contributed by atoms with van der Waals surface area (Å²) >= 11 is 1.32. The van der Waals surface area contributed by atoms with Crippen molar-refractivity contribution in [1.29, 1.82) is 0 Å². The standard InChI is InChI=1S/C21H15FN4O3S2/c1-3-10-25(31(2,28)29)18-12-14(6-7-16(18)22)17-8-9-23-21-15(13-24-26(17)21)20(27)19-5-4-11-30-19/h1,4-9,11-13H,10H2,2H3. The zero-order valence-corrected chi connectivity index (χ0v) is 17.8. The second-order valence-corrected chi connectivity index (χ2v) is 9.42. The molecule has 3 aromatic heterocycles. The van der Waals surface area contributed by atoms with Crippen LogP contribution >= 0.6 is 11.3 Å². The van der Waals surface area contributed by atoms with Gasteiger partial charge < -0.3 is 0 Å². The molecule has 0 atom stereocenters. The number of halogens is 1. The Bertz CT molecular complexity index is 1440. The first-order valence-electron chi connectivity index (χ1n) is 8.93. The van der Waals surface area contributed by atoms with Gasteiger partial charge in [0.05, 0.1) is 40.8 Å². The number of aromatic nitrogens is 3. The minimum absolute atomic E-state index is 0.176. The zero-order chi connectivity index (χ0) is 22.2. The number of carbonyl (C=O) groups is 1. The van der Waals surface area contributed by atoms with Gasteiger partial charge in [-0.3, -0.25) is 9.10 Å². The molecule has 0 aliphatic rings. The summed E-state index contributed by atoms with van der Waals surface area (Å²) in [6, 6.07) is 9.18. The maximum Gasteiger partial charge on any atom is 0.233 e. The average molecular weight is 455 g/mol. The Labute approximate surface area is 181 Å². The van der Waals surface area contributed by atoms with Gasteiger partial charge in [0.15, 0.2) is 5.65 Å². The summed E-state index contributed by atoms with van der Waals surface area (Å²) in [5, 5.41) is 6.10. The van der Waals surface area contributed by atoms with Crippen molar-refractivity contribution in [2.75, 3.05) is 17.1 Å². The second kappa shape index (κ2) is 7.94. The van der Waals surface area contributed by atoms with Crippen LogP contribution in [0.4, 0.5) is 10.1 Å². The zero-order valence-electron chi connectivity index (χ0n) is 16.2. The highest BCUT2D eigenvalue weighted by Crippen LogP contribution is 2.29. The molecule has 0 aliphatic heterocycles. The van der Waals surface area contributed by atoms with Crippen LogP contribution in [0.15, 0.2) is 54.2 Å². The maximum atomic E-state index is 14.5. The Kier molecular flexibility index (Phi) is 5.31. The number of hydrogen-bond acceptors (Lipinski definition) is 6. The molecule has 0 N–H and O–H groups in total. The predicted molar refractivity (Wildman–Crippen MR) is 117 cm³/mol. The number of anilines is 1. The van der Waals surface area contributed by atoms with Crippen molar-refractivity contribution in [2.24, 2.45) is 0 Å². The van der Waals surface area contributed by atoms with E-state index in [4.69, 9.17) is 6.42 Å². The van der Waals surface area contributed by atoms with Crippen molar-refractivity contribution in [1.82, 2.24) is 14.6 Å². The van der Waals surface area contributed by atoms with Gasteiger partial charge in [0.1, 0.15) is 5.82 Å². The molecule has 1 aromatic carbocycles. The molecule has 0 fully saturated rings. The van der Waals surface area contributed by atoms with E-state index in [0.29, 0.717) is 27.3 Å². The summed E-state index contributed by atoms with van der Waals surface area (Å²) in [5.74, 6) is 1.30. The summed E-state index contributed by atoms with van der Waals surface area (Å²) in [7, 11) is -3.80. The van der Waals surface area contributed by atoms with E-state index in [1.54, 1.807) is 18.2 Å². The largest absolute Gasteiger partial charge is 0.287 e. The van der Waals surface area contributed by atoms with Crippen LogP contribution in [0.2, 0.25) is 0 Å². The number of carbonyl (C=O) groups excluding carboxylic acids is 1. The number of hydrogen-bond donors (Lipinski definition) is 0. The first-order chi connectivity index (χ1) is 14.8. The normalized spacial score (nSPS) is 11.4. The van der Waals surface area contributed by atoms with E-state index < -0.39 is 15.8 Å². The molecule has 0 saturated heterocycles. The molecule has 0 radical (unpaired) electrons. The SMILES string of the molecule is C#CCN(c1cc(-c2ccnc3c(C(=O)c4cccs4)cnn23)ccc1F)S(C)(=O)=O. The van der Waals surface area contributed by atoms with Gasteiger partial charge in [0.2, 0.25) is 15.8 Å². The van der Waals surface area contributed by atoms with E-state index in [-0.39, 0.29) is 18.0 Å². The van der Waals surface area contributed by atoms with Gasteiger partial charge in [-0.15, -0.1) is 17.8 Å². The van der Waals surface area contributed by atoms with Crippen LogP contribution in [0.3, 0.4) is 0 Å². The number of fused-ring (bicyclic) bond motifs is 1. The third kappa shape index (κ3) is 3.81. The first-order valence-corrected chi connectivity index (χ1v) is 11.7. The minimum Gasteiger partial charge on any atom is -0.287 e. The Morgan fingerprint density at radius 2 is 2.13 bits per heavy atom. The highest BCUT2D eigenvalue weighted by atomic mass is 32.2. The lowest BCUT2D eigenvalue weighted by atomic mass is 10.1. The average Bonchev–Trinajstić information content (AvgIpc) is 3.41. The van der Waals surface area contributed by atoms with Crippen molar-refractivity contribution in [3.63, 3.8) is 0 Å². The van der Waals surface area contributed by atoms with E-state index in [9.17, 15) is 17.6 Å². The van der Waals surface area contributed by atoms with Gasteiger partial charge in [-0.1, -0.05) is 12.0 Å². The topological polar surface area (TPSA) is 84.6 Å². The van der Waals surface area contributed by atoms with E-state index in [1.807, 2.05) is 5.38 Å². The van der Waals surface area contributed by atoms with Crippen molar-refractivity contribution in [2.45, 2.75) is 0 Å². The lowest BCUT2D eigenvalue weighted by Crippen LogP contribution is -2.31. The number of terminal acetylenes is 1. The van der Waals surface area contributed by atoms with Gasteiger partial charge in [-0.05, 0) is 35.7 Å². The van der Waals surface area contributed by atoms with E-state index >= 15 is 0 Å². The first kappa shape index (κ1) is 20.7. The smallest absolute Gasteiger partial charge is 0.233 e. The minimum atomic E-state index is -3.80. The van der Waals surface area contributed by atoms with E-state index in [1.165, 1.54) is 40.4 Å². The molecule has 4 rings (SSSR count). The van der Waals surface area contributed by atoms with Crippen LogP contribution in [0.1, 0.15) is 15.2 Å². The van der Waals surface area contributed by atoms with Crippen LogP contribution in [0.25, 0.3) is 16.9 Å². The van der Waals surface area contributed by atoms with Crippen LogP contribution in [-0.4, -0.2) is 41.6 Å².